The molecule has 0 radical (unpaired) electrons. The smallest absolute Gasteiger partial charge is 0.256 e. The molecule has 7 nitrogen and oxygen atoms in total. The van der Waals surface area contributed by atoms with Crippen molar-refractivity contribution in [3.8, 4) is 0 Å². The molecule has 3 aliphatic rings. The van der Waals surface area contributed by atoms with Crippen molar-refractivity contribution >= 4 is 47.1 Å². The molecule has 3 aromatic carbocycles. The van der Waals surface area contributed by atoms with E-state index in [9.17, 15) is 23.2 Å². The number of carbonyl (C=O) groups excluding carboxylic acids is 3. The summed E-state index contributed by atoms with van der Waals surface area (Å²) < 4.78 is 29.9. The van der Waals surface area contributed by atoms with Crippen LogP contribution in [0.4, 0.5) is 20.2 Å². The second kappa shape index (κ2) is 14.4. The van der Waals surface area contributed by atoms with Crippen molar-refractivity contribution in [1.82, 2.24) is 10.2 Å². The first kappa shape index (κ1) is 33.8. The van der Waals surface area contributed by atoms with E-state index < -0.39 is 36.5 Å². The van der Waals surface area contributed by atoms with Gasteiger partial charge in [-0.2, -0.15) is 0 Å². The highest BCUT2D eigenvalue weighted by Gasteiger charge is 2.43. The number of anilines is 2. The van der Waals surface area contributed by atoms with Crippen LogP contribution < -0.4 is 15.5 Å². The molecule has 1 unspecified atom stereocenters. The number of amides is 3. The van der Waals surface area contributed by atoms with Crippen molar-refractivity contribution in [2.75, 3.05) is 42.9 Å². The number of carbonyl (C=O) groups is 3. The predicted octanol–water partition coefficient (Wildman–Crippen LogP) is 6.05. The van der Waals surface area contributed by atoms with E-state index in [-0.39, 0.29) is 41.6 Å². The second-order valence-electron chi connectivity index (χ2n) is 11.8. The molecule has 47 heavy (non-hydrogen) atoms. The van der Waals surface area contributed by atoms with E-state index in [0.717, 1.165) is 13.0 Å². The molecule has 2 heterocycles. The molecule has 1 atom stereocenters. The van der Waals surface area contributed by atoms with E-state index in [1.54, 1.807) is 77.7 Å². The number of rotatable bonds is 5. The van der Waals surface area contributed by atoms with Crippen LogP contribution in [0, 0.1) is 5.92 Å². The minimum Gasteiger partial charge on any atom is -0.337 e. The second-order valence-corrected chi connectivity index (χ2v) is 11.8. The molecule has 2 N–H and O–H groups in total. The molecule has 0 saturated carbocycles. The van der Waals surface area contributed by atoms with Crippen molar-refractivity contribution in [3.63, 3.8) is 0 Å². The summed E-state index contributed by atoms with van der Waals surface area (Å²) in [6.07, 6.45) is 1.27. The summed E-state index contributed by atoms with van der Waals surface area (Å²) in [5.41, 5.74) is 2.79. The maximum Gasteiger partial charge on any atom is 0.256 e. The van der Waals surface area contributed by atoms with Gasteiger partial charge < -0.3 is 20.4 Å². The van der Waals surface area contributed by atoms with Crippen molar-refractivity contribution in [1.29, 1.82) is 0 Å². The van der Waals surface area contributed by atoms with Gasteiger partial charge in [-0.05, 0) is 59.5 Å². The minimum atomic E-state index is -3.00. The van der Waals surface area contributed by atoms with E-state index in [2.05, 4.69) is 17.2 Å². The third-order valence-electron chi connectivity index (χ3n) is 8.73. The number of benzene rings is 3. The Hall–Kier alpha value is -4.60. The first-order valence-electron chi connectivity index (χ1n) is 15.6. The Bertz CT molecular complexity index is 1720. The zero-order valence-corrected chi connectivity index (χ0v) is 26.7. The van der Waals surface area contributed by atoms with Crippen LogP contribution in [0.2, 0.25) is 0 Å². The fraction of sp³-hybridized carbons (Fsp3) is 0.270. The Balaban J connectivity index is 0.00000433. The lowest BCUT2D eigenvalue weighted by Crippen LogP contribution is -2.43. The first-order valence-corrected chi connectivity index (χ1v) is 15.6. The number of para-hydroxylation sites is 2. The van der Waals surface area contributed by atoms with Gasteiger partial charge in [-0.1, -0.05) is 73.3 Å². The van der Waals surface area contributed by atoms with Crippen LogP contribution in [0.5, 0.6) is 0 Å². The number of hydrogen-bond acceptors (Lipinski definition) is 4. The Kier molecular flexibility index (Phi) is 10.4. The molecule has 6 rings (SSSR count). The summed E-state index contributed by atoms with van der Waals surface area (Å²) in [7, 11) is 0. The van der Waals surface area contributed by atoms with Crippen LogP contribution in [0.3, 0.4) is 0 Å². The summed E-state index contributed by atoms with van der Waals surface area (Å²) in [6.45, 7) is 6.41. The van der Waals surface area contributed by atoms with Crippen LogP contribution in [-0.2, 0) is 20.8 Å². The zero-order valence-electron chi connectivity index (χ0n) is 25.9. The lowest BCUT2D eigenvalue weighted by Gasteiger charge is -2.35. The number of nitrogens with zero attached hydrogens (tertiary/aromatic N) is 2. The molecule has 0 aromatic heterocycles. The monoisotopic (exact) mass is 658 g/mol. The molecule has 10 heteroatoms. The Morgan fingerprint density at radius 1 is 0.872 bits per heavy atom. The minimum absolute atomic E-state index is 0. The quantitative estimate of drug-likeness (QED) is 0.350. The Morgan fingerprint density at radius 2 is 1.55 bits per heavy atom. The number of fused-ring (bicyclic) bond motifs is 1. The van der Waals surface area contributed by atoms with Gasteiger partial charge in [-0.3, -0.25) is 14.4 Å². The molecule has 1 fully saturated rings. The number of nitrogens with one attached hydrogen (secondary N) is 2. The number of halogens is 3. The molecule has 3 amide bonds. The van der Waals surface area contributed by atoms with Crippen LogP contribution in [0.15, 0.2) is 114 Å². The third-order valence-corrected chi connectivity index (χ3v) is 8.73. The maximum absolute atomic E-state index is 14.9. The molecule has 2 aliphatic heterocycles. The van der Waals surface area contributed by atoms with Crippen LogP contribution >= 0.6 is 12.4 Å². The van der Waals surface area contributed by atoms with Crippen molar-refractivity contribution in [2.24, 2.45) is 5.92 Å². The highest BCUT2D eigenvalue weighted by atomic mass is 35.5. The number of hydrogen-bond donors (Lipinski definition) is 2. The topological polar surface area (TPSA) is 81.8 Å². The maximum atomic E-state index is 14.9. The van der Waals surface area contributed by atoms with Gasteiger partial charge in [-0.25, -0.2) is 8.78 Å². The van der Waals surface area contributed by atoms with Gasteiger partial charge in [0.1, 0.15) is 0 Å². The van der Waals surface area contributed by atoms with Gasteiger partial charge in [0, 0.05) is 61.5 Å². The zero-order chi connectivity index (χ0) is 32.3. The van der Waals surface area contributed by atoms with Crippen molar-refractivity contribution in [3.05, 3.63) is 125 Å². The van der Waals surface area contributed by atoms with Gasteiger partial charge >= 0.3 is 0 Å². The SMILES string of the molecule is C=C1C(C(=O)N2CCCNCC2)=CC(C(=O)Nc2ccccc2)=C(c2ccccc2)C1C(=O)N1CCC(F)(F)Cc2ccccc21.Cl. The molecule has 244 valence electrons. The fourth-order valence-electron chi connectivity index (χ4n) is 6.41. The third kappa shape index (κ3) is 7.21. The molecule has 3 aromatic rings. The van der Waals surface area contributed by atoms with E-state index in [0.29, 0.717) is 47.7 Å². The highest BCUT2D eigenvalue weighted by Crippen LogP contribution is 2.44. The molecular formula is C37H37ClF2N4O3. The summed E-state index contributed by atoms with van der Waals surface area (Å²) >= 11 is 0. The average Bonchev–Trinajstić information content (AvgIpc) is 3.42. The molecule has 0 bridgehead atoms. The van der Waals surface area contributed by atoms with Gasteiger partial charge in [0.2, 0.25) is 5.91 Å². The summed E-state index contributed by atoms with van der Waals surface area (Å²) in [4.78, 5) is 46.3. The standard InChI is InChI=1S/C37H36F2N4O3.ClH/c1-25-29(35(45)42-20-10-18-40-19-22-42)23-30(34(44)41-28-14-6-3-7-15-28)33(26-11-4-2-5-12-26)32(25)36(46)43-21-17-37(38,39)24-27-13-8-9-16-31(27)43;/h2-9,11-16,23,32,40H,1,10,17-22,24H2,(H,41,44);1H. The normalized spacial score (nSPS) is 19.4. The fourth-order valence-corrected chi connectivity index (χ4v) is 6.41. The van der Waals surface area contributed by atoms with Gasteiger partial charge in [-0.15, -0.1) is 12.4 Å². The molecular weight excluding hydrogens is 622 g/mol. The largest absolute Gasteiger partial charge is 0.337 e. The van der Waals surface area contributed by atoms with Crippen molar-refractivity contribution < 1.29 is 23.2 Å². The lowest BCUT2D eigenvalue weighted by atomic mass is 9.75. The van der Waals surface area contributed by atoms with Crippen LogP contribution in [0.25, 0.3) is 5.57 Å². The lowest BCUT2D eigenvalue weighted by molar-refractivity contribution is -0.126. The Morgan fingerprint density at radius 3 is 2.30 bits per heavy atom. The summed E-state index contributed by atoms with van der Waals surface area (Å²) in [5, 5.41) is 6.21. The average molecular weight is 659 g/mol. The van der Waals surface area contributed by atoms with Crippen molar-refractivity contribution in [2.45, 2.75) is 25.2 Å². The van der Waals surface area contributed by atoms with E-state index >= 15 is 0 Å². The summed E-state index contributed by atoms with van der Waals surface area (Å²) in [6, 6.07) is 24.6. The van der Waals surface area contributed by atoms with Crippen LogP contribution in [-0.4, -0.2) is 61.3 Å². The first-order chi connectivity index (χ1) is 22.2. The molecule has 0 spiro atoms. The van der Waals surface area contributed by atoms with Gasteiger partial charge in [0.15, 0.2) is 0 Å². The van der Waals surface area contributed by atoms with E-state index in [1.165, 1.54) is 11.0 Å². The Labute approximate surface area is 279 Å². The molecule has 1 saturated heterocycles. The number of alkyl halides is 2. The van der Waals surface area contributed by atoms with Gasteiger partial charge in [0.05, 0.1) is 5.92 Å². The predicted molar refractivity (Wildman–Crippen MR) is 183 cm³/mol. The molecule has 1 aliphatic carbocycles. The van der Waals surface area contributed by atoms with E-state index in [4.69, 9.17) is 0 Å². The van der Waals surface area contributed by atoms with E-state index in [1.807, 2.05) is 12.1 Å². The van der Waals surface area contributed by atoms with Crippen LogP contribution in [0.1, 0.15) is 24.0 Å². The highest BCUT2D eigenvalue weighted by molar-refractivity contribution is 6.19. The summed E-state index contributed by atoms with van der Waals surface area (Å²) in [5.74, 6) is -5.54. The van der Waals surface area contributed by atoms with Gasteiger partial charge in [0.25, 0.3) is 17.7 Å².